The number of halogens is 1. The van der Waals surface area contributed by atoms with Gasteiger partial charge in [-0.25, -0.2) is 0 Å². The highest BCUT2D eigenvalue weighted by atomic mass is 127. The predicted octanol–water partition coefficient (Wildman–Crippen LogP) is 4.18. The summed E-state index contributed by atoms with van der Waals surface area (Å²) in [5.41, 5.74) is 0.577. The third kappa shape index (κ3) is 5.64. The standard InChI is InChI=1S/C22H38N6.HI/c1-2-23-21(27-17-14-22(18-27)12-6-4-7-13-22)24-15-9-11-20-26-25-19-10-5-3-8-16-28(19)20;/h2-18H2,1H3,(H,23,24);1H. The molecule has 1 aromatic heterocycles. The molecule has 0 radical (unpaired) electrons. The van der Waals surface area contributed by atoms with Crippen LogP contribution in [0.1, 0.15) is 82.8 Å². The van der Waals surface area contributed by atoms with E-state index in [1.54, 1.807) is 0 Å². The lowest BCUT2D eigenvalue weighted by molar-refractivity contribution is 0.203. The Morgan fingerprint density at radius 3 is 2.69 bits per heavy atom. The summed E-state index contributed by atoms with van der Waals surface area (Å²) in [6.45, 7) is 7.46. The number of hydrogen-bond donors (Lipinski definition) is 1. The number of nitrogens with zero attached hydrogens (tertiary/aromatic N) is 5. The molecule has 6 nitrogen and oxygen atoms in total. The number of likely N-dealkylation sites (tertiary alicyclic amines) is 1. The highest BCUT2D eigenvalue weighted by molar-refractivity contribution is 14.0. The zero-order valence-corrected chi connectivity index (χ0v) is 20.5. The van der Waals surface area contributed by atoms with Crippen molar-refractivity contribution < 1.29 is 0 Å². The van der Waals surface area contributed by atoms with Crippen LogP contribution in [0.25, 0.3) is 0 Å². The molecule has 164 valence electrons. The zero-order chi connectivity index (χ0) is 19.2. The minimum atomic E-state index is 0. The molecule has 3 heterocycles. The fourth-order valence-electron chi connectivity index (χ4n) is 5.40. The Morgan fingerprint density at radius 2 is 1.86 bits per heavy atom. The Hall–Kier alpha value is -0.860. The number of aryl methyl sites for hydroxylation is 2. The maximum Gasteiger partial charge on any atom is 0.193 e. The Morgan fingerprint density at radius 1 is 1.03 bits per heavy atom. The Bertz CT molecular complexity index is 664. The first kappa shape index (κ1) is 22.8. The molecule has 4 rings (SSSR count). The van der Waals surface area contributed by atoms with E-state index in [9.17, 15) is 0 Å². The predicted molar refractivity (Wildman–Crippen MR) is 129 cm³/mol. The van der Waals surface area contributed by atoms with Crippen LogP contribution in [0.2, 0.25) is 0 Å². The Balaban J connectivity index is 0.00000240. The lowest BCUT2D eigenvalue weighted by Crippen LogP contribution is -2.41. The fourth-order valence-corrected chi connectivity index (χ4v) is 5.40. The van der Waals surface area contributed by atoms with E-state index in [1.807, 2.05) is 0 Å². The van der Waals surface area contributed by atoms with Gasteiger partial charge >= 0.3 is 0 Å². The second kappa shape index (κ2) is 11.0. The third-order valence-corrected chi connectivity index (χ3v) is 6.99. The normalized spacial score (nSPS) is 21.6. The Kier molecular flexibility index (Phi) is 8.62. The zero-order valence-electron chi connectivity index (χ0n) is 18.2. The fraction of sp³-hybridized carbons (Fsp3) is 0.864. The average Bonchev–Trinajstić information content (AvgIpc) is 3.21. The highest BCUT2D eigenvalue weighted by Gasteiger charge is 2.39. The number of rotatable bonds is 5. The van der Waals surface area contributed by atoms with E-state index in [2.05, 4.69) is 31.9 Å². The van der Waals surface area contributed by atoms with Crippen LogP contribution >= 0.6 is 24.0 Å². The summed E-state index contributed by atoms with van der Waals surface area (Å²) in [5.74, 6) is 3.49. The molecule has 1 aromatic rings. The molecule has 1 N–H and O–H groups in total. The van der Waals surface area contributed by atoms with E-state index < -0.39 is 0 Å². The smallest absolute Gasteiger partial charge is 0.193 e. The maximum absolute atomic E-state index is 4.98. The van der Waals surface area contributed by atoms with Gasteiger partial charge in [-0.1, -0.05) is 25.7 Å². The van der Waals surface area contributed by atoms with Crippen LogP contribution in [-0.2, 0) is 19.4 Å². The van der Waals surface area contributed by atoms with Crippen LogP contribution in [0, 0.1) is 5.41 Å². The number of aliphatic imine (C=N–C) groups is 1. The van der Waals surface area contributed by atoms with Crippen molar-refractivity contribution in [1.82, 2.24) is 25.0 Å². The third-order valence-electron chi connectivity index (χ3n) is 6.99. The molecule has 2 aliphatic heterocycles. The average molecular weight is 515 g/mol. The first-order valence-electron chi connectivity index (χ1n) is 11.7. The molecule has 0 atom stereocenters. The Labute approximate surface area is 193 Å². The molecule has 0 amide bonds. The second-order valence-electron chi connectivity index (χ2n) is 9.07. The molecule has 7 heteroatoms. The summed E-state index contributed by atoms with van der Waals surface area (Å²) in [7, 11) is 0. The van der Waals surface area contributed by atoms with Crippen LogP contribution < -0.4 is 5.32 Å². The van der Waals surface area contributed by atoms with E-state index in [1.165, 1.54) is 82.5 Å². The van der Waals surface area contributed by atoms with E-state index in [-0.39, 0.29) is 24.0 Å². The highest BCUT2D eigenvalue weighted by Crippen LogP contribution is 2.43. The van der Waals surface area contributed by atoms with Gasteiger partial charge in [-0.05, 0) is 50.9 Å². The van der Waals surface area contributed by atoms with Crippen LogP contribution in [0.3, 0.4) is 0 Å². The molecule has 3 aliphatic rings. The van der Waals surface area contributed by atoms with Gasteiger partial charge in [-0.15, -0.1) is 34.2 Å². The van der Waals surface area contributed by atoms with Gasteiger partial charge in [0, 0.05) is 45.6 Å². The van der Waals surface area contributed by atoms with E-state index in [0.717, 1.165) is 44.9 Å². The molecule has 0 aromatic carbocycles. The van der Waals surface area contributed by atoms with Gasteiger partial charge in [0.15, 0.2) is 5.96 Å². The maximum atomic E-state index is 4.98. The van der Waals surface area contributed by atoms with Gasteiger partial charge in [-0.2, -0.15) is 0 Å². The van der Waals surface area contributed by atoms with Crippen molar-refractivity contribution in [3.8, 4) is 0 Å². The van der Waals surface area contributed by atoms with E-state index >= 15 is 0 Å². The van der Waals surface area contributed by atoms with Gasteiger partial charge in [0.1, 0.15) is 11.6 Å². The van der Waals surface area contributed by atoms with Crippen molar-refractivity contribution in [1.29, 1.82) is 0 Å². The molecule has 0 bridgehead atoms. The summed E-state index contributed by atoms with van der Waals surface area (Å²) >= 11 is 0. The van der Waals surface area contributed by atoms with Gasteiger partial charge < -0.3 is 14.8 Å². The lowest BCUT2D eigenvalue weighted by Gasteiger charge is -2.33. The van der Waals surface area contributed by atoms with Gasteiger partial charge in [-0.3, -0.25) is 4.99 Å². The number of fused-ring (bicyclic) bond motifs is 1. The van der Waals surface area contributed by atoms with E-state index in [0.29, 0.717) is 5.41 Å². The largest absolute Gasteiger partial charge is 0.357 e. The first-order valence-corrected chi connectivity index (χ1v) is 11.7. The molecular weight excluding hydrogens is 475 g/mol. The first-order chi connectivity index (χ1) is 13.8. The number of guanidine groups is 1. The van der Waals surface area contributed by atoms with Crippen LogP contribution in [0.4, 0.5) is 0 Å². The van der Waals surface area contributed by atoms with E-state index in [4.69, 9.17) is 4.99 Å². The van der Waals surface area contributed by atoms with Crippen LogP contribution in [-0.4, -0.2) is 51.8 Å². The molecule has 0 unspecified atom stereocenters. The monoisotopic (exact) mass is 514 g/mol. The second-order valence-corrected chi connectivity index (χ2v) is 9.07. The van der Waals surface area contributed by atoms with Crippen molar-refractivity contribution in [2.45, 2.75) is 90.5 Å². The van der Waals surface area contributed by atoms with Crippen molar-refractivity contribution in [2.24, 2.45) is 10.4 Å². The van der Waals surface area contributed by atoms with Crippen molar-refractivity contribution in [3.63, 3.8) is 0 Å². The lowest BCUT2D eigenvalue weighted by atomic mass is 9.73. The van der Waals surface area contributed by atoms with Gasteiger partial charge in [0.05, 0.1) is 0 Å². The molecular formula is C22H39IN6. The van der Waals surface area contributed by atoms with Crippen LogP contribution in [0.5, 0.6) is 0 Å². The topological polar surface area (TPSA) is 58.3 Å². The minimum Gasteiger partial charge on any atom is -0.357 e. The quantitative estimate of drug-likeness (QED) is 0.277. The summed E-state index contributed by atoms with van der Waals surface area (Å²) in [4.78, 5) is 7.50. The van der Waals surface area contributed by atoms with Gasteiger partial charge in [0.25, 0.3) is 0 Å². The number of nitrogens with one attached hydrogen (secondary N) is 1. The SMILES string of the molecule is CCNC(=NCCCc1nnc2n1CCCCC2)N1CCC2(CCCCC2)C1.I. The number of aromatic nitrogens is 3. The molecule has 1 saturated heterocycles. The minimum absolute atomic E-state index is 0. The van der Waals surface area contributed by atoms with Crippen molar-refractivity contribution in [2.75, 3.05) is 26.2 Å². The van der Waals surface area contributed by atoms with Gasteiger partial charge in [0.2, 0.25) is 0 Å². The summed E-state index contributed by atoms with van der Waals surface area (Å²) in [6.07, 6.45) is 15.4. The number of hydrogen-bond acceptors (Lipinski definition) is 3. The summed E-state index contributed by atoms with van der Waals surface area (Å²) in [6, 6.07) is 0. The van der Waals surface area contributed by atoms with Crippen molar-refractivity contribution >= 4 is 29.9 Å². The molecule has 1 aliphatic carbocycles. The molecule has 1 saturated carbocycles. The molecule has 1 spiro atoms. The van der Waals surface area contributed by atoms with Crippen molar-refractivity contribution in [3.05, 3.63) is 11.6 Å². The molecule has 2 fully saturated rings. The summed E-state index contributed by atoms with van der Waals surface area (Å²) < 4.78 is 2.37. The van der Waals surface area contributed by atoms with Crippen LogP contribution in [0.15, 0.2) is 4.99 Å². The molecule has 29 heavy (non-hydrogen) atoms. The summed E-state index contributed by atoms with van der Waals surface area (Å²) in [5, 5.41) is 12.4.